The minimum atomic E-state index is -0.610. The molecule has 7 nitrogen and oxygen atoms in total. The van der Waals surface area contributed by atoms with Crippen LogP contribution in [0.3, 0.4) is 0 Å². The van der Waals surface area contributed by atoms with Crippen LogP contribution in [0.4, 0.5) is 0 Å². The Morgan fingerprint density at radius 1 is 1.17 bits per heavy atom. The van der Waals surface area contributed by atoms with Gasteiger partial charge >= 0.3 is 5.97 Å². The van der Waals surface area contributed by atoms with Gasteiger partial charge in [0, 0.05) is 0 Å². The summed E-state index contributed by atoms with van der Waals surface area (Å²) < 4.78 is 10.8. The summed E-state index contributed by atoms with van der Waals surface area (Å²) in [7, 11) is 0. The summed E-state index contributed by atoms with van der Waals surface area (Å²) in [5.41, 5.74) is 1.66. The molecule has 0 spiro atoms. The molecule has 3 aromatic rings. The Morgan fingerprint density at radius 2 is 1.93 bits per heavy atom. The number of allylic oxidation sites excluding steroid dienone is 1. The van der Waals surface area contributed by atoms with Gasteiger partial charge < -0.3 is 19.6 Å². The number of aliphatic hydroxyl groups is 1. The van der Waals surface area contributed by atoms with E-state index in [1.54, 1.807) is 30.3 Å². The smallest absolute Gasteiger partial charge is 0.338 e. The molecule has 0 unspecified atom stereocenters. The van der Waals surface area contributed by atoms with Crippen LogP contribution in [0.2, 0.25) is 0 Å². The number of aromatic amines is 1. The third-order valence-electron chi connectivity index (χ3n) is 4.47. The van der Waals surface area contributed by atoms with Gasteiger partial charge in [-0.2, -0.15) is 5.26 Å². The van der Waals surface area contributed by atoms with Crippen molar-refractivity contribution >= 4 is 22.6 Å². The molecule has 0 fully saturated rings. The number of nitrogens with one attached hydrogen (secondary N) is 1. The van der Waals surface area contributed by atoms with E-state index in [0.29, 0.717) is 23.4 Å². The van der Waals surface area contributed by atoms with Crippen molar-refractivity contribution in [1.29, 1.82) is 5.26 Å². The topological polar surface area (TPSA) is 108 Å². The highest BCUT2D eigenvalue weighted by Gasteiger charge is 2.15. The summed E-state index contributed by atoms with van der Waals surface area (Å²) in [5.74, 6) is -0.0827. The normalized spacial score (nSPS) is 11.6. The molecule has 0 atom stereocenters. The van der Waals surface area contributed by atoms with Crippen LogP contribution < -0.4 is 4.74 Å². The quantitative estimate of drug-likeness (QED) is 0.229. The first-order valence-electron chi connectivity index (χ1n) is 9.79. The highest BCUT2D eigenvalue weighted by molar-refractivity contribution is 5.90. The number of imidazole rings is 1. The van der Waals surface area contributed by atoms with Gasteiger partial charge in [0.25, 0.3) is 0 Å². The molecule has 0 aliphatic heterocycles. The zero-order chi connectivity index (χ0) is 21.3. The molecule has 0 saturated heterocycles. The molecule has 3 rings (SSSR count). The largest absolute Gasteiger partial charge is 0.507 e. The predicted molar refractivity (Wildman–Crippen MR) is 113 cm³/mol. The fraction of sp³-hybridized carbons (Fsp3) is 0.261. The van der Waals surface area contributed by atoms with Gasteiger partial charge in [-0.1, -0.05) is 31.9 Å². The molecule has 0 bridgehead atoms. The monoisotopic (exact) mass is 405 g/mol. The number of ether oxygens (including phenoxy) is 2. The second kappa shape index (κ2) is 10.1. The molecule has 7 heteroatoms. The lowest BCUT2D eigenvalue weighted by atomic mass is 10.2. The van der Waals surface area contributed by atoms with E-state index in [2.05, 4.69) is 16.9 Å². The predicted octanol–water partition coefficient (Wildman–Crippen LogP) is 4.78. The zero-order valence-electron chi connectivity index (χ0n) is 16.7. The van der Waals surface area contributed by atoms with Gasteiger partial charge in [0.1, 0.15) is 24.0 Å². The average molecular weight is 405 g/mol. The molecule has 2 aromatic carbocycles. The van der Waals surface area contributed by atoms with E-state index >= 15 is 0 Å². The molecular weight excluding hydrogens is 382 g/mol. The van der Waals surface area contributed by atoms with Gasteiger partial charge in [0.15, 0.2) is 11.6 Å². The first-order valence-corrected chi connectivity index (χ1v) is 9.79. The number of nitrogens with zero attached hydrogens (tertiary/aromatic N) is 2. The third kappa shape index (κ3) is 5.17. The Kier molecular flexibility index (Phi) is 7.06. The number of rotatable bonds is 9. The lowest BCUT2D eigenvalue weighted by molar-refractivity contribution is 0.0502. The number of fused-ring (bicyclic) bond motifs is 1. The second-order valence-corrected chi connectivity index (χ2v) is 6.69. The van der Waals surface area contributed by atoms with Gasteiger partial charge in [0.2, 0.25) is 0 Å². The lowest BCUT2D eigenvalue weighted by Gasteiger charge is -2.08. The SMILES string of the molecule is CCCCCOc1ccc(C(=O)OC/C(O)=C(\C#N)c2nc3ccccc3[nH]2)cc1. The van der Waals surface area contributed by atoms with Crippen LogP contribution in [0.25, 0.3) is 16.6 Å². The van der Waals surface area contributed by atoms with Crippen LogP contribution in [0.5, 0.6) is 5.75 Å². The van der Waals surface area contributed by atoms with E-state index in [1.807, 2.05) is 24.3 Å². The number of aromatic nitrogens is 2. The average Bonchev–Trinajstić information content (AvgIpc) is 3.19. The number of hydrogen-bond donors (Lipinski definition) is 2. The summed E-state index contributed by atoms with van der Waals surface area (Å²) in [5, 5.41) is 19.7. The Bertz CT molecular complexity index is 1040. The number of carbonyl (C=O) groups excluding carboxylic acids is 1. The van der Waals surface area contributed by atoms with Gasteiger partial charge in [-0.05, 0) is 42.8 Å². The van der Waals surface area contributed by atoms with Crippen LogP contribution in [0, 0.1) is 11.3 Å². The molecule has 0 saturated carbocycles. The fourth-order valence-corrected chi connectivity index (χ4v) is 2.84. The summed E-state index contributed by atoms with van der Waals surface area (Å²) >= 11 is 0. The number of nitriles is 1. The first kappa shape index (κ1) is 20.9. The van der Waals surface area contributed by atoms with E-state index in [9.17, 15) is 15.2 Å². The molecule has 30 heavy (non-hydrogen) atoms. The van der Waals surface area contributed by atoms with E-state index < -0.39 is 12.6 Å². The van der Waals surface area contributed by atoms with Crippen molar-refractivity contribution in [3.05, 3.63) is 65.7 Å². The second-order valence-electron chi connectivity index (χ2n) is 6.69. The Hall–Kier alpha value is -3.79. The van der Waals surface area contributed by atoms with Gasteiger partial charge in [-0.3, -0.25) is 0 Å². The van der Waals surface area contributed by atoms with Crippen LogP contribution in [-0.4, -0.2) is 34.3 Å². The van der Waals surface area contributed by atoms with Crippen molar-refractivity contribution in [3.63, 3.8) is 0 Å². The molecular formula is C23H23N3O4. The molecule has 0 radical (unpaired) electrons. The summed E-state index contributed by atoms with van der Waals surface area (Å²) in [6.07, 6.45) is 3.22. The van der Waals surface area contributed by atoms with Crippen molar-refractivity contribution in [1.82, 2.24) is 9.97 Å². The van der Waals surface area contributed by atoms with Crippen LogP contribution in [0.1, 0.15) is 42.4 Å². The van der Waals surface area contributed by atoms with Crippen molar-refractivity contribution in [2.24, 2.45) is 0 Å². The Labute approximate surface area is 174 Å². The summed E-state index contributed by atoms with van der Waals surface area (Å²) in [6.45, 7) is 2.33. The Balaban J connectivity index is 1.61. The van der Waals surface area contributed by atoms with E-state index in [0.717, 1.165) is 24.8 Å². The minimum Gasteiger partial charge on any atom is -0.507 e. The standard InChI is InChI=1S/C23H23N3O4/c1-2-3-6-13-29-17-11-9-16(10-12-17)23(28)30-15-21(27)18(14-24)22-25-19-7-4-5-8-20(19)26-22/h4-5,7-12,27H,2-3,6,13,15H2,1H3,(H,25,26)/b21-18-. The molecule has 0 aliphatic rings. The Morgan fingerprint density at radius 3 is 2.63 bits per heavy atom. The maximum atomic E-state index is 12.2. The zero-order valence-corrected chi connectivity index (χ0v) is 16.7. The number of esters is 1. The van der Waals surface area contributed by atoms with Gasteiger partial charge in [0.05, 0.1) is 23.2 Å². The van der Waals surface area contributed by atoms with Crippen LogP contribution >= 0.6 is 0 Å². The van der Waals surface area contributed by atoms with Crippen molar-refractivity contribution in [3.8, 4) is 11.8 Å². The molecule has 2 N–H and O–H groups in total. The summed E-state index contributed by atoms with van der Waals surface area (Å²) in [4.78, 5) is 19.5. The first-order chi connectivity index (χ1) is 14.6. The van der Waals surface area contributed by atoms with Crippen molar-refractivity contribution in [2.45, 2.75) is 26.2 Å². The van der Waals surface area contributed by atoms with Gasteiger partial charge in [-0.15, -0.1) is 0 Å². The molecule has 1 heterocycles. The number of unbranched alkanes of at least 4 members (excludes halogenated alkanes) is 2. The number of aliphatic hydroxyl groups excluding tert-OH is 1. The summed E-state index contributed by atoms with van der Waals surface area (Å²) in [6, 6.07) is 15.8. The van der Waals surface area contributed by atoms with Crippen molar-refractivity contribution < 1.29 is 19.4 Å². The van der Waals surface area contributed by atoms with Crippen LogP contribution in [0.15, 0.2) is 54.3 Å². The number of carbonyl (C=O) groups is 1. The maximum Gasteiger partial charge on any atom is 0.338 e. The van der Waals surface area contributed by atoms with E-state index in [1.165, 1.54) is 0 Å². The minimum absolute atomic E-state index is 0.0742. The highest BCUT2D eigenvalue weighted by atomic mass is 16.5. The lowest BCUT2D eigenvalue weighted by Crippen LogP contribution is -2.09. The number of H-pyrrole nitrogens is 1. The molecule has 0 aliphatic carbocycles. The number of benzene rings is 2. The van der Waals surface area contributed by atoms with E-state index in [-0.39, 0.29) is 17.2 Å². The van der Waals surface area contributed by atoms with Gasteiger partial charge in [-0.25, -0.2) is 9.78 Å². The highest BCUT2D eigenvalue weighted by Crippen LogP contribution is 2.19. The maximum absolute atomic E-state index is 12.2. The fourth-order valence-electron chi connectivity index (χ4n) is 2.84. The molecule has 0 amide bonds. The number of hydrogen-bond acceptors (Lipinski definition) is 6. The van der Waals surface area contributed by atoms with E-state index in [4.69, 9.17) is 9.47 Å². The van der Waals surface area contributed by atoms with Crippen molar-refractivity contribution in [2.75, 3.05) is 13.2 Å². The van der Waals surface area contributed by atoms with Crippen LogP contribution in [-0.2, 0) is 4.74 Å². The molecule has 154 valence electrons. The number of para-hydroxylation sites is 2. The third-order valence-corrected chi connectivity index (χ3v) is 4.47. The molecule has 1 aromatic heterocycles.